The first-order valence-corrected chi connectivity index (χ1v) is 6.35. The Morgan fingerprint density at radius 1 is 1.53 bits per heavy atom. The van der Waals surface area contributed by atoms with E-state index in [-0.39, 0.29) is 5.82 Å². The van der Waals surface area contributed by atoms with Gasteiger partial charge in [-0.2, -0.15) is 0 Å². The highest BCUT2D eigenvalue weighted by Crippen LogP contribution is 2.20. The van der Waals surface area contributed by atoms with Crippen LogP contribution in [0.1, 0.15) is 45.1 Å². The monoisotopic (exact) mass is 269 g/mol. The van der Waals surface area contributed by atoms with Gasteiger partial charge >= 0.3 is 11.8 Å². The van der Waals surface area contributed by atoms with Crippen molar-refractivity contribution in [2.75, 3.05) is 7.11 Å². The molecule has 0 saturated carbocycles. The van der Waals surface area contributed by atoms with Crippen LogP contribution >= 0.6 is 0 Å². The molecule has 19 heavy (non-hydrogen) atoms. The number of carbonyl (C=O) groups excluding carboxylic acids is 1. The quantitative estimate of drug-likeness (QED) is 0.313. The van der Waals surface area contributed by atoms with Crippen LogP contribution in [-0.2, 0) is 9.53 Å². The Morgan fingerprint density at radius 2 is 2.26 bits per heavy atom. The van der Waals surface area contributed by atoms with Crippen LogP contribution in [0.3, 0.4) is 0 Å². The fourth-order valence-electron chi connectivity index (χ4n) is 1.88. The Hall–Kier alpha value is -1.92. The molecule has 7 heteroatoms. The Labute approximate surface area is 111 Å². The molecule has 1 heterocycles. The summed E-state index contributed by atoms with van der Waals surface area (Å²) in [6.45, 7) is 2.11. The first kappa shape index (κ1) is 15.1. The summed E-state index contributed by atoms with van der Waals surface area (Å²) in [6, 6.07) is -0.539. The highest BCUT2D eigenvalue weighted by Gasteiger charge is 2.23. The molecule has 0 aliphatic rings. The topological polar surface area (TPSA) is 87.3 Å². The summed E-state index contributed by atoms with van der Waals surface area (Å²) in [4.78, 5) is 25.4. The summed E-state index contributed by atoms with van der Waals surface area (Å²) in [5, 5.41) is 10.6. The Balaban J connectivity index is 2.72. The molecule has 0 radical (unpaired) electrons. The molecule has 1 aromatic heterocycles. The molecular formula is C12H19N3O4. The Kier molecular flexibility index (Phi) is 5.98. The third kappa shape index (κ3) is 4.35. The van der Waals surface area contributed by atoms with Crippen molar-refractivity contribution in [3.63, 3.8) is 0 Å². The molecule has 0 aliphatic heterocycles. The van der Waals surface area contributed by atoms with Gasteiger partial charge < -0.3 is 14.9 Å². The third-order valence-corrected chi connectivity index (χ3v) is 2.94. The van der Waals surface area contributed by atoms with Gasteiger partial charge in [-0.1, -0.05) is 32.6 Å². The molecule has 1 rings (SSSR count). The van der Waals surface area contributed by atoms with E-state index in [0.717, 1.165) is 25.7 Å². The molecule has 0 aromatic carbocycles. The molecule has 0 saturated heterocycles. The van der Waals surface area contributed by atoms with Gasteiger partial charge in [0.25, 0.3) is 0 Å². The fraction of sp³-hybridized carbons (Fsp3) is 0.667. The van der Waals surface area contributed by atoms with Gasteiger partial charge in [0, 0.05) is 0 Å². The van der Waals surface area contributed by atoms with E-state index in [0.29, 0.717) is 6.42 Å². The standard InChI is InChI=1S/C12H19N3O4/c1-3-4-5-6-7-10(12(16)19-2)14-8-11(13-9-14)15(17)18/h8-10H,3-7H2,1-2H3. The van der Waals surface area contributed by atoms with Gasteiger partial charge in [-0.15, -0.1) is 0 Å². The Bertz CT molecular complexity index is 430. The summed E-state index contributed by atoms with van der Waals surface area (Å²) in [5.74, 6) is -0.661. The predicted octanol–water partition coefficient (Wildman–Crippen LogP) is 2.48. The van der Waals surface area contributed by atoms with E-state index < -0.39 is 16.9 Å². The summed E-state index contributed by atoms with van der Waals surface area (Å²) >= 11 is 0. The van der Waals surface area contributed by atoms with Gasteiger partial charge in [0.05, 0.1) is 7.11 Å². The normalized spacial score (nSPS) is 12.1. The fourth-order valence-corrected chi connectivity index (χ4v) is 1.88. The molecule has 1 unspecified atom stereocenters. The average Bonchev–Trinajstić information content (AvgIpc) is 2.87. The van der Waals surface area contributed by atoms with Gasteiger partial charge in [0.2, 0.25) is 6.33 Å². The predicted molar refractivity (Wildman–Crippen MR) is 68.7 cm³/mol. The first-order chi connectivity index (χ1) is 9.10. The van der Waals surface area contributed by atoms with Crippen molar-refractivity contribution in [2.24, 2.45) is 0 Å². The molecule has 0 amide bonds. The lowest BCUT2D eigenvalue weighted by atomic mass is 10.1. The maximum absolute atomic E-state index is 11.7. The molecule has 0 N–H and O–H groups in total. The van der Waals surface area contributed by atoms with Gasteiger partial charge in [0.15, 0.2) is 0 Å². The van der Waals surface area contributed by atoms with Crippen molar-refractivity contribution in [1.29, 1.82) is 0 Å². The van der Waals surface area contributed by atoms with E-state index in [1.54, 1.807) is 0 Å². The second kappa shape index (κ2) is 7.50. The van der Waals surface area contributed by atoms with Crippen LogP contribution in [0.4, 0.5) is 5.82 Å². The molecule has 0 bridgehead atoms. The second-order valence-corrected chi connectivity index (χ2v) is 4.32. The van der Waals surface area contributed by atoms with Crippen LogP contribution in [0.2, 0.25) is 0 Å². The summed E-state index contributed by atoms with van der Waals surface area (Å²) in [6.07, 6.45) is 7.29. The van der Waals surface area contributed by atoms with Crippen LogP contribution in [0.5, 0.6) is 0 Å². The summed E-state index contributed by atoms with van der Waals surface area (Å²) < 4.78 is 6.19. The number of unbranched alkanes of at least 4 members (excludes halogenated alkanes) is 3. The molecule has 1 aromatic rings. The van der Waals surface area contributed by atoms with E-state index in [2.05, 4.69) is 11.9 Å². The zero-order chi connectivity index (χ0) is 14.3. The van der Waals surface area contributed by atoms with Crippen molar-refractivity contribution < 1.29 is 14.5 Å². The largest absolute Gasteiger partial charge is 0.467 e. The maximum Gasteiger partial charge on any atom is 0.381 e. The number of rotatable bonds is 8. The lowest BCUT2D eigenvalue weighted by molar-refractivity contribution is -0.389. The van der Waals surface area contributed by atoms with Crippen LogP contribution in [-0.4, -0.2) is 27.6 Å². The van der Waals surface area contributed by atoms with Crippen LogP contribution in [0, 0.1) is 10.1 Å². The highest BCUT2D eigenvalue weighted by molar-refractivity contribution is 5.74. The van der Waals surface area contributed by atoms with Crippen LogP contribution in [0.15, 0.2) is 12.5 Å². The van der Waals surface area contributed by atoms with Crippen molar-refractivity contribution in [1.82, 2.24) is 9.55 Å². The van der Waals surface area contributed by atoms with Crippen molar-refractivity contribution in [3.05, 3.63) is 22.6 Å². The van der Waals surface area contributed by atoms with Crippen molar-refractivity contribution in [3.8, 4) is 0 Å². The zero-order valence-electron chi connectivity index (χ0n) is 11.2. The van der Waals surface area contributed by atoms with Crippen LogP contribution in [0.25, 0.3) is 0 Å². The van der Waals surface area contributed by atoms with E-state index in [4.69, 9.17) is 4.74 Å². The molecule has 1 atom stereocenters. The van der Waals surface area contributed by atoms with E-state index in [1.165, 1.54) is 24.2 Å². The lowest BCUT2D eigenvalue weighted by Crippen LogP contribution is -2.19. The number of nitrogens with zero attached hydrogens (tertiary/aromatic N) is 3. The van der Waals surface area contributed by atoms with E-state index in [1.807, 2.05) is 0 Å². The van der Waals surface area contributed by atoms with Crippen molar-refractivity contribution in [2.45, 2.75) is 45.1 Å². The zero-order valence-corrected chi connectivity index (χ0v) is 11.2. The second-order valence-electron chi connectivity index (χ2n) is 4.32. The number of hydrogen-bond acceptors (Lipinski definition) is 5. The molecular weight excluding hydrogens is 250 g/mol. The van der Waals surface area contributed by atoms with Gasteiger partial charge in [0.1, 0.15) is 12.2 Å². The minimum absolute atomic E-state index is 0.262. The first-order valence-electron chi connectivity index (χ1n) is 6.35. The SMILES string of the molecule is CCCCCCC(C(=O)OC)n1cnc([N+](=O)[O-])c1. The number of aromatic nitrogens is 2. The summed E-state index contributed by atoms with van der Waals surface area (Å²) in [5.41, 5.74) is 0. The minimum atomic E-state index is -0.581. The lowest BCUT2D eigenvalue weighted by Gasteiger charge is -2.14. The van der Waals surface area contributed by atoms with E-state index in [9.17, 15) is 14.9 Å². The van der Waals surface area contributed by atoms with Gasteiger partial charge in [-0.3, -0.25) is 4.57 Å². The van der Waals surface area contributed by atoms with Crippen molar-refractivity contribution >= 4 is 11.8 Å². The number of hydrogen-bond donors (Lipinski definition) is 0. The number of esters is 1. The molecule has 106 valence electrons. The van der Waals surface area contributed by atoms with E-state index >= 15 is 0 Å². The van der Waals surface area contributed by atoms with Gasteiger partial charge in [-0.25, -0.2) is 4.79 Å². The number of nitro groups is 1. The smallest absolute Gasteiger partial charge is 0.381 e. The third-order valence-electron chi connectivity index (χ3n) is 2.94. The Morgan fingerprint density at radius 3 is 2.79 bits per heavy atom. The minimum Gasteiger partial charge on any atom is -0.467 e. The average molecular weight is 269 g/mol. The number of carbonyl (C=O) groups is 1. The van der Waals surface area contributed by atoms with Gasteiger partial charge in [-0.05, 0) is 16.3 Å². The van der Waals surface area contributed by atoms with Crippen LogP contribution < -0.4 is 0 Å². The highest BCUT2D eigenvalue weighted by atomic mass is 16.6. The molecule has 0 fully saturated rings. The maximum atomic E-state index is 11.7. The molecule has 7 nitrogen and oxygen atoms in total. The summed E-state index contributed by atoms with van der Waals surface area (Å²) in [7, 11) is 1.31. The molecule has 0 aliphatic carbocycles. The number of ether oxygens (including phenoxy) is 1. The number of methoxy groups -OCH3 is 1. The molecule has 0 spiro atoms. The number of imidazole rings is 1.